The van der Waals surface area contributed by atoms with E-state index in [1.165, 1.54) is 11.8 Å². The van der Waals surface area contributed by atoms with Crippen LogP contribution in [-0.2, 0) is 18.6 Å². The minimum atomic E-state index is 0.252. The summed E-state index contributed by atoms with van der Waals surface area (Å²) >= 11 is 0.252. The third-order valence-corrected chi connectivity index (χ3v) is 7.50. The van der Waals surface area contributed by atoms with Crippen LogP contribution < -0.4 is 0 Å². The molecule has 2 atom stereocenters. The third-order valence-electron chi connectivity index (χ3n) is 2.73. The molecule has 1 saturated carbocycles. The number of hydrogen-bond donors (Lipinski definition) is 0. The third kappa shape index (κ3) is 1.24. The first kappa shape index (κ1) is 6.40. The van der Waals surface area contributed by atoms with Crippen LogP contribution in [0.5, 0.6) is 0 Å². The molecule has 0 nitrogen and oxygen atoms in total. The summed E-state index contributed by atoms with van der Waals surface area (Å²) in [5, 5.41) is 0. The standard InChI is InChI=1S/C8H14.W/c1-7-5-3-4-6-8(7)2;/h7-8H,1-6H2;. The van der Waals surface area contributed by atoms with E-state index in [-0.39, 0.29) is 18.6 Å². The van der Waals surface area contributed by atoms with Crippen molar-refractivity contribution in [3.05, 3.63) is 0 Å². The summed E-state index contributed by atoms with van der Waals surface area (Å²) in [6.45, 7) is 0. The molecule has 0 spiro atoms. The van der Waals surface area contributed by atoms with Gasteiger partial charge in [0.15, 0.2) is 0 Å². The van der Waals surface area contributed by atoms with E-state index in [0.29, 0.717) is 0 Å². The molecule has 0 aromatic carbocycles. The van der Waals surface area contributed by atoms with Gasteiger partial charge in [-0.15, -0.1) is 0 Å². The molecule has 0 radical (unpaired) electrons. The van der Waals surface area contributed by atoms with Crippen molar-refractivity contribution < 1.29 is 18.6 Å². The van der Waals surface area contributed by atoms with Crippen LogP contribution in [0.1, 0.15) is 25.7 Å². The van der Waals surface area contributed by atoms with Crippen molar-refractivity contribution in [1.82, 2.24) is 0 Å². The van der Waals surface area contributed by atoms with Gasteiger partial charge in [0.2, 0.25) is 0 Å². The molecule has 9 heavy (non-hydrogen) atoms. The van der Waals surface area contributed by atoms with Crippen LogP contribution in [0, 0.1) is 11.8 Å². The number of fused-ring (bicyclic) bond motifs is 1. The number of rotatable bonds is 0. The van der Waals surface area contributed by atoms with Gasteiger partial charge in [-0.05, 0) is 0 Å². The predicted octanol–water partition coefficient (Wildman–Crippen LogP) is 2.73. The van der Waals surface area contributed by atoms with Crippen LogP contribution in [0.2, 0.25) is 9.62 Å². The van der Waals surface area contributed by atoms with Crippen LogP contribution in [0.25, 0.3) is 0 Å². The molecule has 52 valence electrons. The van der Waals surface area contributed by atoms with Crippen molar-refractivity contribution in [3.8, 4) is 0 Å². The Bertz CT molecular complexity index is 88.7. The van der Waals surface area contributed by atoms with Crippen molar-refractivity contribution in [2.75, 3.05) is 0 Å². The van der Waals surface area contributed by atoms with E-state index in [9.17, 15) is 0 Å². The SMILES string of the molecule is C1CCC2[CH2][W][CH2]C2C1. The van der Waals surface area contributed by atoms with Gasteiger partial charge in [0.25, 0.3) is 0 Å². The maximum atomic E-state index is 1.73. The van der Waals surface area contributed by atoms with Gasteiger partial charge >= 0.3 is 65.7 Å². The Balaban J connectivity index is 1.97. The van der Waals surface area contributed by atoms with E-state index >= 15 is 0 Å². The van der Waals surface area contributed by atoms with Crippen molar-refractivity contribution >= 4 is 0 Å². The van der Waals surface area contributed by atoms with Gasteiger partial charge in [0.1, 0.15) is 0 Å². The van der Waals surface area contributed by atoms with E-state index in [2.05, 4.69) is 0 Å². The van der Waals surface area contributed by atoms with Crippen molar-refractivity contribution in [3.63, 3.8) is 0 Å². The molecule has 1 heteroatoms. The Morgan fingerprint density at radius 1 is 0.889 bits per heavy atom. The first-order chi connectivity index (χ1) is 4.47. The minimum absolute atomic E-state index is 0.252. The molecule has 1 aliphatic heterocycles. The Labute approximate surface area is 65.9 Å². The molecule has 2 aliphatic rings. The normalized spacial score (nSPS) is 42.7. The zero-order chi connectivity index (χ0) is 6.10. The quantitative estimate of drug-likeness (QED) is 0.644. The molecule has 2 fully saturated rings. The molecule has 0 bridgehead atoms. The Kier molecular flexibility index (Phi) is 1.95. The van der Waals surface area contributed by atoms with Crippen LogP contribution in [0.3, 0.4) is 0 Å². The summed E-state index contributed by atoms with van der Waals surface area (Å²) in [4.78, 5) is 3.45. The van der Waals surface area contributed by atoms with Crippen molar-refractivity contribution in [2.24, 2.45) is 11.8 Å². The average Bonchev–Trinajstić information content (AvgIpc) is 2.33. The molecule has 0 aromatic heterocycles. The number of hydrogen-bond acceptors (Lipinski definition) is 0. The molecule has 0 N–H and O–H groups in total. The summed E-state index contributed by atoms with van der Waals surface area (Å²) in [5.41, 5.74) is 0. The zero-order valence-corrected chi connectivity index (χ0v) is 8.74. The van der Waals surface area contributed by atoms with E-state index in [4.69, 9.17) is 0 Å². The van der Waals surface area contributed by atoms with Gasteiger partial charge in [-0.1, -0.05) is 0 Å². The first-order valence-electron chi connectivity index (χ1n) is 4.04. The molecular formula is C8H14W. The monoisotopic (exact) mass is 294 g/mol. The van der Waals surface area contributed by atoms with Gasteiger partial charge in [-0.25, -0.2) is 0 Å². The zero-order valence-electron chi connectivity index (χ0n) is 5.81. The van der Waals surface area contributed by atoms with Crippen LogP contribution >= 0.6 is 0 Å². The van der Waals surface area contributed by atoms with Crippen LogP contribution in [-0.4, -0.2) is 0 Å². The fourth-order valence-corrected chi connectivity index (χ4v) is 7.91. The second-order valence-electron chi connectivity index (χ2n) is 3.34. The Morgan fingerprint density at radius 2 is 1.44 bits per heavy atom. The molecule has 0 aromatic rings. The molecule has 0 amide bonds. The summed E-state index contributed by atoms with van der Waals surface area (Å²) in [6, 6.07) is 0. The van der Waals surface area contributed by atoms with Crippen molar-refractivity contribution in [1.29, 1.82) is 0 Å². The summed E-state index contributed by atoms with van der Waals surface area (Å²) < 4.78 is 0. The second kappa shape index (κ2) is 2.74. The fourth-order valence-electron chi connectivity index (χ4n) is 2.09. The topological polar surface area (TPSA) is 0 Å². The summed E-state index contributed by atoms with van der Waals surface area (Å²) in [5.74, 6) is 2.48. The van der Waals surface area contributed by atoms with E-state index < -0.39 is 0 Å². The molecule has 1 heterocycles. The molecule has 2 unspecified atom stereocenters. The molecular weight excluding hydrogens is 280 g/mol. The summed E-state index contributed by atoms with van der Waals surface area (Å²) in [6.07, 6.45) is 6.31. The second-order valence-corrected chi connectivity index (χ2v) is 7.20. The Hall–Kier alpha value is 0.688. The van der Waals surface area contributed by atoms with Crippen LogP contribution in [0.4, 0.5) is 0 Å². The fraction of sp³-hybridized carbons (Fsp3) is 1.00. The van der Waals surface area contributed by atoms with Gasteiger partial charge in [0.05, 0.1) is 0 Å². The molecule has 1 aliphatic carbocycles. The maximum absolute atomic E-state index is 1.73. The Morgan fingerprint density at radius 3 is 2.00 bits per heavy atom. The van der Waals surface area contributed by atoms with E-state index in [1.807, 2.05) is 0 Å². The molecule has 1 saturated heterocycles. The average molecular weight is 294 g/mol. The van der Waals surface area contributed by atoms with Gasteiger partial charge in [-0.2, -0.15) is 0 Å². The predicted molar refractivity (Wildman–Crippen MR) is 35.1 cm³/mol. The van der Waals surface area contributed by atoms with Crippen LogP contribution in [0.15, 0.2) is 0 Å². The van der Waals surface area contributed by atoms with E-state index in [1.54, 1.807) is 35.3 Å². The van der Waals surface area contributed by atoms with E-state index in [0.717, 1.165) is 0 Å². The van der Waals surface area contributed by atoms with Crippen molar-refractivity contribution in [2.45, 2.75) is 35.3 Å². The van der Waals surface area contributed by atoms with Gasteiger partial charge < -0.3 is 0 Å². The van der Waals surface area contributed by atoms with Gasteiger partial charge in [-0.3, -0.25) is 0 Å². The summed E-state index contributed by atoms with van der Waals surface area (Å²) in [7, 11) is 0. The van der Waals surface area contributed by atoms with Gasteiger partial charge in [0, 0.05) is 0 Å². The molecule has 2 rings (SSSR count). The first-order valence-corrected chi connectivity index (χ1v) is 8.19.